The monoisotopic (exact) mass is 230 g/mol. The van der Waals surface area contributed by atoms with Gasteiger partial charge in [0.1, 0.15) is 0 Å². The van der Waals surface area contributed by atoms with Crippen LogP contribution < -0.4 is 10.6 Å². The first-order chi connectivity index (χ1) is 8.05. The van der Waals surface area contributed by atoms with Crippen molar-refractivity contribution in [1.29, 1.82) is 0 Å². The molecule has 90 valence electrons. The first-order valence-electron chi connectivity index (χ1n) is 6.03. The molecule has 3 rings (SSSR count). The highest BCUT2D eigenvalue weighted by Crippen LogP contribution is 2.36. The van der Waals surface area contributed by atoms with Gasteiger partial charge in [-0.25, -0.2) is 0 Å². The number of rotatable bonds is 1. The van der Waals surface area contributed by atoms with Gasteiger partial charge in [-0.15, -0.1) is 0 Å². The Kier molecular flexibility index (Phi) is 2.08. The molecule has 1 aliphatic heterocycles. The summed E-state index contributed by atoms with van der Waals surface area (Å²) in [6, 6.07) is 4.11. The third-order valence-electron chi connectivity index (χ3n) is 3.61. The molecule has 0 atom stereocenters. The summed E-state index contributed by atoms with van der Waals surface area (Å²) in [7, 11) is 0. The fourth-order valence-corrected chi connectivity index (χ4v) is 2.59. The van der Waals surface area contributed by atoms with Gasteiger partial charge >= 0.3 is 0 Å². The number of hydrogen-bond donors (Lipinski definition) is 2. The predicted octanol–water partition coefficient (Wildman–Crippen LogP) is 2.38. The summed E-state index contributed by atoms with van der Waals surface area (Å²) in [5.74, 6) is 0. The van der Waals surface area contributed by atoms with E-state index in [1.807, 2.05) is 12.3 Å². The molecule has 1 fully saturated rings. The van der Waals surface area contributed by atoms with E-state index in [0.717, 1.165) is 35.4 Å². The van der Waals surface area contributed by atoms with Gasteiger partial charge in [0.15, 0.2) is 0 Å². The van der Waals surface area contributed by atoms with Crippen molar-refractivity contribution < 1.29 is 0 Å². The van der Waals surface area contributed by atoms with Crippen LogP contribution in [0.2, 0.25) is 0 Å². The highest BCUT2D eigenvalue weighted by Gasteiger charge is 2.30. The summed E-state index contributed by atoms with van der Waals surface area (Å²) >= 11 is 0. The molecule has 1 aromatic carbocycles. The molecular weight excluding hydrogens is 212 g/mol. The molecule has 0 spiro atoms. The van der Waals surface area contributed by atoms with E-state index in [2.05, 4.69) is 35.0 Å². The Labute approximate surface area is 101 Å². The fraction of sp³-hybridized carbons (Fsp3) is 0.462. The Morgan fingerprint density at radius 1 is 1.41 bits per heavy atom. The maximum atomic E-state index is 6.13. The zero-order valence-electron chi connectivity index (χ0n) is 10.3. The third-order valence-corrected chi connectivity index (χ3v) is 3.61. The van der Waals surface area contributed by atoms with Crippen LogP contribution in [0.25, 0.3) is 10.9 Å². The summed E-state index contributed by atoms with van der Waals surface area (Å²) in [5, 5.41) is 8.11. The van der Waals surface area contributed by atoms with Crippen LogP contribution in [0.5, 0.6) is 0 Å². The number of anilines is 2. The number of H-pyrrole nitrogens is 1. The summed E-state index contributed by atoms with van der Waals surface area (Å²) in [6.45, 7) is 6.75. The molecule has 2 heterocycles. The van der Waals surface area contributed by atoms with Crippen LogP contribution in [0.3, 0.4) is 0 Å². The molecule has 2 aromatic rings. The summed E-state index contributed by atoms with van der Waals surface area (Å²) in [6.07, 6.45) is 3.02. The number of aromatic amines is 1. The summed E-state index contributed by atoms with van der Waals surface area (Å²) < 4.78 is 0. The lowest BCUT2D eigenvalue weighted by Gasteiger charge is -2.23. The lowest BCUT2D eigenvalue weighted by Crippen LogP contribution is -2.23. The first-order valence-corrected chi connectivity index (χ1v) is 6.03. The Morgan fingerprint density at radius 2 is 2.24 bits per heavy atom. The molecule has 0 aliphatic carbocycles. The number of nitrogens with zero attached hydrogens (tertiary/aromatic N) is 2. The van der Waals surface area contributed by atoms with Crippen molar-refractivity contribution in [3.8, 4) is 0 Å². The van der Waals surface area contributed by atoms with E-state index < -0.39 is 0 Å². The Hall–Kier alpha value is -1.71. The van der Waals surface area contributed by atoms with Crippen LogP contribution in [-0.4, -0.2) is 23.3 Å². The van der Waals surface area contributed by atoms with E-state index in [1.54, 1.807) is 0 Å². The zero-order chi connectivity index (χ0) is 12.0. The molecule has 0 unspecified atom stereocenters. The van der Waals surface area contributed by atoms with Gasteiger partial charge in [0, 0.05) is 18.5 Å². The van der Waals surface area contributed by atoms with E-state index >= 15 is 0 Å². The molecule has 1 aromatic heterocycles. The number of nitrogen functional groups attached to an aromatic ring is 1. The zero-order valence-corrected chi connectivity index (χ0v) is 10.3. The van der Waals surface area contributed by atoms with Crippen LogP contribution in [-0.2, 0) is 0 Å². The van der Waals surface area contributed by atoms with E-state index in [1.165, 1.54) is 6.42 Å². The van der Waals surface area contributed by atoms with E-state index in [9.17, 15) is 0 Å². The van der Waals surface area contributed by atoms with Gasteiger partial charge in [0.25, 0.3) is 0 Å². The topological polar surface area (TPSA) is 57.9 Å². The van der Waals surface area contributed by atoms with Gasteiger partial charge < -0.3 is 10.6 Å². The number of fused-ring (bicyclic) bond motifs is 1. The minimum absolute atomic E-state index is 0.384. The van der Waals surface area contributed by atoms with Crippen molar-refractivity contribution in [2.45, 2.75) is 20.3 Å². The van der Waals surface area contributed by atoms with Crippen LogP contribution in [0.1, 0.15) is 20.3 Å². The second-order valence-corrected chi connectivity index (χ2v) is 5.70. The predicted molar refractivity (Wildman–Crippen MR) is 71.1 cm³/mol. The number of hydrogen-bond acceptors (Lipinski definition) is 3. The maximum absolute atomic E-state index is 6.13. The first kappa shape index (κ1) is 10.4. The lowest BCUT2D eigenvalue weighted by molar-refractivity contribution is 0.418. The normalized spacial score (nSPS) is 19.1. The van der Waals surface area contributed by atoms with Gasteiger partial charge in [-0.3, -0.25) is 5.10 Å². The molecule has 4 nitrogen and oxygen atoms in total. The van der Waals surface area contributed by atoms with Crippen molar-refractivity contribution in [2.24, 2.45) is 5.41 Å². The highest BCUT2D eigenvalue weighted by molar-refractivity contribution is 5.89. The van der Waals surface area contributed by atoms with Crippen LogP contribution >= 0.6 is 0 Å². The maximum Gasteiger partial charge on any atom is 0.0672 e. The quantitative estimate of drug-likeness (QED) is 0.739. The number of nitrogens with two attached hydrogens (primary N) is 1. The van der Waals surface area contributed by atoms with Gasteiger partial charge in [-0.05, 0) is 24.0 Å². The summed E-state index contributed by atoms with van der Waals surface area (Å²) in [5.41, 5.74) is 9.55. The van der Waals surface area contributed by atoms with Gasteiger partial charge in [0.2, 0.25) is 0 Å². The van der Waals surface area contributed by atoms with E-state index in [4.69, 9.17) is 5.73 Å². The smallest absolute Gasteiger partial charge is 0.0672 e. The molecule has 3 N–H and O–H groups in total. The highest BCUT2D eigenvalue weighted by atomic mass is 15.2. The molecule has 0 amide bonds. The van der Waals surface area contributed by atoms with Crippen LogP contribution in [0, 0.1) is 5.41 Å². The van der Waals surface area contributed by atoms with Crippen molar-refractivity contribution in [3.63, 3.8) is 0 Å². The molecule has 1 saturated heterocycles. The Morgan fingerprint density at radius 3 is 2.94 bits per heavy atom. The Bertz CT molecular complexity index is 556. The second kappa shape index (κ2) is 3.39. The standard InChI is InChI=1S/C13H18N4/c1-13(2)3-4-17(8-13)12-6-11-9(5-10(12)14)7-15-16-11/h5-7H,3-4,8,14H2,1-2H3,(H,15,16). The van der Waals surface area contributed by atoms with Crippen LogP contribution in [0.4, 0.5) is 11.4 Å². The van der Waals surface area contributed by atoms with E-state index in [-0.39, 0.29) is 0 Å². The molecule has 0 saturated carbocycles. The molecule has 0 bridgehead atoms. The van der Waals surface area contributed by atoms with Crippen molar-refractivity contribution in [2.75, 3.05) is 23.7 Å². The van der Waals surface area contributed by atoms with Gasteiger partial charge in [-0.2, -0.15) is 5.10 Å². The molecule has 4 heteroatoms. The molecule has 1 aliphatic rings. The largest absolute Gasteiger partial charge is 0.397 e. The minimum atomic E-state index is 0.384. The fourth-order valence-electron chi connectivity index (χ4n) is 2.59. The van der Waals surface area contributed by atoms with Crippen molar-refractivity contribution >= 4 is 22.3 Å². The average Bonchev–Trinajstić information content (AvgIpc) is 2.82. The molecule has 17 heavy (non-hydrogen) atoms. The van der Waals surface area contributed by atoms with Gasteiger partial charge in [-0.1, -0.05) is 13.8 Å². The Balaban J connectivity index is 2.02. The van der Waals surface area contributed by atoms with Crippen molar-refractivity contribution in [3.05, 3.63) is 18.3 Å². The average molecular weight is 230 g/mol. The lowest BCUT2D eigenvalue weighted by atomic mass is 9.93. The minimum Gasteiger partial charge on any atom is -0.397 e. The third kappa shape index (κ3) is 1.73. The van der Waals surface area contributed by atoms with Crippen molar-refractivity contribution in [1.82, 2.24) is 10.2 Å². The number of benzene rings is 1. The summed E-state index contributed by atoms with van der Waals surface area (Å²) in [4.78, 5) is 2.37. The molecular formula is C13H18N4. The van der Waals surface area contributed by atoms with E-state index in [0.29, 0.717) is 5.41 Å². The number of aromatic nitrogens is 2. The van der Waals surface area contributed by atoms with Gasteiger partial charge in [0.05, 0.1) is 23.1 Å². The second-order valence-electron chi connectivity index (χ2n) is 5.70. The number of nitrogens with one attached hydrogen (secondary N) is 1. The molecule has 0 radical (unpaired) electrons. The SMILES string of the molecule is CC1(C)CCN(c2cc3[nH]ncc3cc2N)C1. The van der Waals surface area contributed by atoms with Crippen LogP contribution in [0.15, 0.2) is 18.3 Å².